The highest BCUT2D eigenvalue weighted by atomic mass is 31.2. The maximum Gasteiger partial charge on any atom is 0.0865 e. The summed E-state index contributed by atoms with van der Waals surface area (Å²) in [5.41, 5.74) is -0.109. The molecule has 0 amide bonds. The van der Waals surface area contributed by atoms with Crippen molar-refractivity contribution in [3.63, 3.8) is 0 Å². The Morgan fingerprint density at radius 2 is 2.25 bits per heavy atom. The standard InChI is InChI=1S/C10H17OP/c1-5-10(3)6-9(2)7-12(4,11)8-10/h1,9H,6-8H2,2-4H3. The van der Waals surface area contributed by atoms with E-state index < -0.39 is 7.14 Å². The van der Waals surface area contributed by atoms with Gasteiger partial charge in [-0.1, -0.05) is 12.8 Å². The van der Waals surface area contributed by atoms with Crippen LogP contribution in [0.5, 0.6) is 0 Å². The smallest absolute Gasteiger partial charge is 0.0865 e. The molecule has 0 aromatic heterocycles. The first kappa shape index (κ1) is 9.87. The van der Waals surface area contributed by atoms with Crippen molar-refractivity contribution >= 4 is 7.14 Å². The Morgan fingerprint density at radius 3 is 2.67 bits per heavy atom. The molecule has 0 spiro atoms. The lowest BCUT2D eigenvalue weighted by atomic mass is 9.84. The molecule has 0 aliphatic carbocycles. The minimum Gasteiger partial charge on any atom is -0.324 e. The van der Waals surface area contributed by atoms with Gasteiger partial charge < -0.3 is 4.57 Å². The monoisotopic (exact) mass is 184 g/mol. The number of hydrogen-bond acceptors (Lipinski definition) is 1. The fourth-order valence-electron chi connectivity index (χ4n) is 2.46. The molecule has 1 aliphatic heterocycles. The van der Waals surface area contributed by atoms with Crippen molar-refractivity contribution in [2.45, 2.75) is 20.3 Å². The third kappa shape index (κ3) is 2.14. The SMILES string of the molecule is C#CC1(C)CC(C)CP(C)(=O)C1. The van der Waals surface area contributed by atoms with Gasteiger partial charge in [-0.25, -0.2) is 0 Å². The molecule has 1 fully saturated rings. The van der Waals surface area contributed by atoms with E-state index >= 15 is 0 Å². The van der Waals surface area contributed by atoms with Gasteiger partial charge in [0.25, 0.3) is 0 Å². The first-order valence-corrected chi connectivity index (χ1v) is 6.93. The van der Waals surface area contributed by atoms with Crippen molar-refractivity contribution < 1.29 is 4.57 Å². The van der Waals surface area contributed by atoms with Crippen LogP contribution >= 0.6 is 7.14 Å². The van der Waals surface area contributed by atoms with Crippen molar-refractivity contribution in [1.82, 2.24) is 0 Å². The predicted molar refractivity (Wildman–Crippen MR) is 54.0 cm³/mol. The Kier molecular flexibility index (Phi) is 2.41. The first-order valence-electron chi connectivity index (χ1n) is 4.40. The summed E-state index contributed by atoms with van der Waals surface area (Å²) in [7, 11) is -1.92. The molecular formula is C10H17OP. The van der Waals surface area contributed by atoms with E-state index in [0.29, 0.717) is 5.92 Å². The van der Waals surface area contributed by atoms with Gasteiger partial charge in [0.05, 0.1) is 7.14 Å². The van der Waals surface area contributed by atoms with Crippen LogP contribution in [0.3, 0.4) is 0 Å². The molecule has 1 heterocycles. The van der Waals surface area contributed by atoms with Crippen LogP contribution in [0, 0.1) is 23.7 Å². The maximum atomic E-state index is 11.9. The average Bonchev–Trinajstić information content (AvgIpc) is 1.82. The highest BCUT2D eigenvalue weighted by Crippen LogP contribution is 2.54. The zero-order valence-corrected chi connectivity index (χ0v) is 9.03. The van der Waals surface area contributed by atoms with Crippen LogP contribution in [0.25, 0.3) is 0 Å². The van der Waals surface area contributed by atoms with Crippen molar-refractivity contribution in [3.8, 4) is 12.3 Å². The summed E-state index contributed by atoms with van der Waals surface area (Å²) in [6.45, 7) is 6.09. The molecule has 1 aliphatic rings. The Morgan fingerprint density at radius 1 is 1.67 bits per heavy atom. The van der Waals surface area contributed by atoms with Crippen LogP contribution in [0.2, 0.25) is 0 Å². The summed E-state index contributed by atoms with van der Waals surface area (Å²) in [5, 5.41) is 0. The lowest BCUT2D eigenvalue weighted by molar-refractivity contribution is 0.360. The van der Waals surface area contributed by atoms with Gasteiger partial charge in [-0.3, -0.25) is 0 Å². The fourth-order valence-corrected chi connectivity index (χ4v) is 5.74. The highest BCUT2D eigenvalue weighted by Gasteiger charge is 2.37. The van der Waals surface area contributed by atoms with Gasteiger partial charge in [-0.2, -0.15) is 0 Å². The molecule has 3 unspecified atom stereocenters. The summed E-state index contributed by atoms with van der Waals surface area (Å²) < 4.78 is 11.9. The van der Waals surface area contributed by atoms with Gasteiger partial charge in [0.1, 0.15) is 0 Å². The van der Waals surface area contributed by atoms with Gasteiger partial charge in [-0.15, -0.1) is 6.42 Å². The number of rotatable bonds is 0. The fraction of sp³-hybridized carbons (Fsp3) is 0.800. The minimum atomic E-state index is -1.92. The van der Waals surface area contributed by atoms with E-state index in [1.807, 2.05) is 6.66 Å². The van der Waals surface area contributed by atoms with E-state index in [9.17, 15) is 4.57 Å². The molecule has 12 heavy (non-hydrogen) atoms. The Bertz CT molecular complexity index is 264. The number of hydrogen-bond donors (Lipinski definition) is 0. The third-order valence-electron chi connectivity index (χ3n) is 2.53. The largest absolute Gasteiger partial charge is 0.324 e. The van der Waals surface area contributed by atoms with E-state index in [1.165, 1.54) is 0 Å². The van der Waals surface area contributed by atoms with Crippen molar-refractivity contribution in [1.29, 1.82) is 0 Å². The molecule has 0 bridgehead atoms. The van der Waals surface area contributed by atoms with Crippen molar-refractivity contribution in [2.24, 2.45) is 11.3 Å². The average molecular weight is 184 g/mol. The molecule has 68 valence electrons. The minimum absolute atomic E-state index is 0.109. The molecule has 0 radical (unpaired) electrons. The lowest BCUT2D eigenvalue weighted by Gasteiger charge is -2.36. The summed E-state index contributed by atoms with van der Waals surface area (Å²) in [4.78, 5) is 0. The molecule has 0 N–H and O–H groups in total. The predicted octanol–water partition coefficient (Wildman–Crippen LogP) is 2.66. The maximum absolute atomic E-state index is 11.9. The zero-order valence-electron chi connectivity index (χ0n) is 8.13. The molecule has 1 saturated heterocycles. The Balaban J connectivity index is 2.86. The highest BCUT2D eigenvalue weighted by molar-refractivity contribution is 7.63. The normalized spacial score (nSPS) is 48.3. The quantitative estimate of drug-likeness (QED) is 0.418. The third-order valence-corrected chi connectivity index (χ3v) is 5.29. The summed E-state index contributed by atoms with van der Waals surface area (Å²) in [6, 6.07) is 0. The lowest BCUT2D eigenvalue weighted by Crippen LogP contribution is -2.29. The second kappa shape index (κ2) is 2.93. The van der Waals surface area contributed by atoms with Crippen LogP contribution in [0.1, 0.15) is 20.3 Å². The molecule has 3 atom stereocenters. The van der Waals surface area contributed by atoms with Gasteiger partial charge >= 0.3 is 0 Å². The molecule has 1 nitrogen and oxygen atoms in total. The second-order valence-electron chi connectivity index (χ2n) is 4.65. The summed E-state index contributed by atoms with van der Waals surface area (Å²) in [5.74, 6) is 3.32. The van der Waals surface area contributed by atoms with Crippen LogP contribution < -0.4 is 0 Å². The summed E-state index contributed by atoms with van der Waals surface area (Å²) in [6.07, 6.45) is 8.10. The van der Waals surface area contributed by atoms with E-state index in [4.69, 9.17) is 6.42 Å². The summed E-state index contributed by atoms with van der Waals surface area (Å²) >= 11 is 0. The molecule has 2 heteroatoms. The number of terminal acetylenes is 1. The van der Waals surface area contributed by atoms with Gasteiger partial charge in [0.2, 0.25) is 0 Å². The van der Waals surface area contributed by atoms with Gasteiger partial charge in [0, 0.05) is 17.7 Å². The topological polar surface area (TPSA) is 17.1 Å². The van der Waals surface area contributed by atoms with Crippen LogP contribution in [0.15, 0.2) is 0 Å². The molecule has 0 saturated carbocycles. The van der Waals surface area contributed by atoms with Crippen LogP contribution in [-0.2, 0) is 4.57 Å². The molecular weight excluding hydrogens is 167 g/mol. The second-order valence-corrected chi connectivity index (χ2v) is 7.93. The van der Waals surface area contributed by atoms with Gasteiger partial charge in [0.15, 0.2) is 0 Å². The Hall–Kier alpha value is -0.210. The molecule has 0 aromatic rings. The van der Waals surface area contributed by atoms with E-state index in [1.54, 1.807) is 0 Å². The van der Waals surface area contributed by atoms with Gasteiger partial charge in [-0.05, 0) is 25.9 Å². The van der Waals surface area contributed by atoms with Crippen LogP contribution in [-0.4, -0.2) is 19.0 Å². The van der Waals surface area contributed by atoms with Crippen molar-refractivity contribution in [3.05, 3.63) is 0 Å². The first-order chi connectivity index (χ1) is 5.37. The van der Waals surface area contributed by atoms with E-state index in [0.717, 1.165) is 18.7 Å². The zero-order chi connectivity index (χ0) is 9.41. The molecule has 1 rings (SSSR count). The van der Waals surface area contributed by atoms with Crippen molar-refractivity contribution in [2.75, 3.05) is 19.0 Å². The van der Waals surface area contributed by atoms with Crippen LogP contribution in [0.4, 0.5) is 0 Å². The van der Waals surface area contributed by atoms with E-state index in [-0.39, 0.29) is 5.41 Å². The Labute approximate surface area is 75.3 Å². The van der Waals surface area contributed by atoms with E-state index in [2.05, 4.69) is 19.8 Å². The molecule has 0 aromatic carbocycles.